The van der Waals surface area contributed by atoms with Gasteiger partial charge in [0, 0.05) is 0 Å². The van der Waals surface area contributed by atoms with Crippen LogP contribution in [0.3, 0.4) is 0 Å². The van der Waals surface area contributed by atoms with Gasteiger partial charge in [-0.1, -0.05) is 0 Å². The Bertz CT molecular complexity index is 220. The predicted octanol–water partition coefficient (Wildman–Crippen LogP) is 1.29. The van der Waals surface area contributed by atoms with Crippen molar-refractivity contribution in [3.05, 3.63) is 24.2 Å². The van der Waals surface area contributed by atoms with E-state index in [-0.39, 0.29) is 24.2 Å². The van der Waals surface area contributed by atoms with Gasteiger partial charge in [-0.25, -0.2) is 0 Å². The normalized spacial score (nSPS) is 11.7. The summed E-state index contributed by atoms with van der Waals surface area (Å²) in [5.74, 6) is -0.0718. The van der Waals surface area contributed by atoms with Crippen LogP contribution >= 0.6 is 12.4 Å². The van der Waals surface area contributed by atoms with E-state index in [9.17, 15) is 4.79 Å². The highest BCUT2D eigenvalue weighted by molar-refractivity contribution is 5.85. The average molecular weight is 176 g/mol. The van der Waals surface area contributed by atoms with Gasteiger partial charge in [0.25, 0.3) is 0 Å². The molecule has 1 amide bonds. The third-order valence-electron chi connectivity index (χ3n) is 1.40. The zero-order valence-electron chi connectivity index (χ0n) is 6.11. The maximum Gasteiger partial charge on any atom is 0.227 e. The van der Waals surface area contributed by atoms with Crippen LogP contribution in [-0.2, 0) is 4.79 Å². The molecular formula is C7H10ClNO2. The van der Waals surface area contributed by atoms with E-state index in [1.54, 1.807) is 19.1 Å². The fraction of sp³-hybridized carbons (Fsp3) is 0.286. The molecule has 1 unspecified atom stereocenters. The summed E-state index contributed by atoms with van der Waals surface area (Å²) in [7, 11) is 0. The zero-order valence-corrected chi connectivity index (χ0v) is 6.93. The third-order valence-corrected chi connectivity index (χ3v) is 1.40. The summed E-state index contributed by atoms with van der Waals surface area (Å²) in [6.07, 6.45) is 1.52. The van der Waals surface area contributed by atoms with Gasteiger partial charge in [0.2, 0.25) is 5.91 Å². The Morgan fingerprint density at radius 3 is 2.73 bits per heavy atom. The van der Waals surface area contributed by atoms with Crippen molar-refractivity contribution >= 4 is 18.3 Å². The summed E-state index contributed by atoms with van der Waals surface area (Å²) >= 11 is 0. The van der Waals surface area contributed by atoms with Gasteiger partial charge in [0.1, 0.15) is 5.76 Å². The molecule has 0 bridgehead atoms. The second kappa shape index (κ2) is 4.03. The molecule has 1 aromatic rings. The standard InChI is InChI=1S/C7H9NO2.ClH/c1-5(7(8)9)6-3-2-4-10-6;/h2-5H,1H3,(H2,8,9);1H. The molecule has 0 aliphatic carbocycles. The summed E-state index contributed by atoms with van der Waals surface area (Å²) in [5, 5.41) is 0. The molecule has 0 aliphatic rings. The molecule has 0 radical (unpaired) electrons. The van der Waals surface area contributed by atoms with Gasteiger partial charge in [0.15, 0.2) is 0 Å². The lowest BCUT2D eigenvalue weighted by Crippen LogP contribution is -2.18. The number of hydrogen-bond acceptors (Lipinski definition) is 2. The molecule has 4 heteroatoms. The number of primary amides is 1. The van der Waals surface area contributed by atoms with E-state index in [0.717, 1.165) is 0 Å². The number of amides is 1. The summed E-state index contributed by atoms with van der Waals surface area (Å²) < 4.78 is 4.96. The van der Waals surface area contributed by atoms with Crippen molar-refractivity contribution in [1.82, 2.24) is 0 Å². The second-order valence-electron chi connectivity index (χ2n) is 2.14. The van der Waals surface area contributed by atoms with Crippen molar-refractivity contribution < 1.29 is 9.21 Å². The van der Waals surface area contributed by atoms with Crippen molar-refractivity contribution in [3.63, 3.8) is 0 Å². The molecule has 0 saturated carbocycles. The molecule has 0 aromatic carbocycles. The van der Waals surface area contributed by atoms with E-state index in [4.69, 9.17) is 10.2 Å². The molecule has 1 rings (SSSR count). The minimum absolute atomic E-state index is 0. The first-order valence-electron chi connectivity index (χ1n) is 3.04. The van der Waals surface area contributed by atoms with Gasteiger partial charge in [-0.2, -0.15) is 0 Å². The average Bonchev–Trinajstić information content (AvgIpc) is 2.36. The van der Waals surface area contributed by atoms with Gasteiger partial charge in [0.05, 0.1) is 12.2 Å². The number of furan rings is 1. The lowest BCUT2D eigenvalue weighted by Gasteiger charge is -2.00. The van der Waals surface area contributed by atoms with E-state index in [1.807, 2.05) is 0 Å². The number of hydrogen-bond donors (Lipinski definition) is 1. The zero-order chi connectivity index (χ0) is 7.56. The van der Waals surface area contributed by atoms with Gasteiger partial charge in [-0.05, 0) is 19.1 Å². The Balaban J connectivity index is 0.000001000. The first-order valence-corrected chi connectivity index (χ1v) is 3.04. The Morgan fingerprint density at radius 1 is 1.73 bits per heavy atom. The Labute approximate surface area is 71.0 Å². The Morgan fingerprint density at radius 2 is 2.36 bits per heavy atom. The highest BCUT2D eigenvalue weighted by Crippen LogP contribution is 2.13. The summed E-state index contributed by atoms with van der Waals surface area (Å²) in [6, 6.07) is 3.46. The van der Waals surface area contributed by atoms with Crippen LogP contribution < -0.4 is 5.73 Å². The van der Waals surface area contributed by atoms with Crippen molar-refractivity contribution in [1.29, 1.82) is 0 Å². The molecule has 3 nitrogen and oxygen atoms in total. The molecule has 0 fully saturated rings. The maximum atomic E-state index is 10.6. The van der Waals surface area contributed by atoms with Crippen LogP contribution in [0.4, 0.5) is 0 Å². The molecule has 2 N–H and O–H groups in total. The topological polar surface area (TPSA) is 56.2 Å². The fourth-order valence-corrected chi connectivity index (χ4v) is 0.678. The van der Waals surface area contributed by atoms with Crippen molar-refractivity contribution in [2.75, 3.05) is 0 Å². The SMILES string of the molecule is CC(C(N)=O)c1ccco1.Cl. The minimum Gasteiger partial charge on any atom is -0.469 e. The van der Waals surface area contributed by atoms with Crippen LogP contribution in [-0.4, -0.2) is 5.91 Å². The molecule has 0 spiro atoms. The summed E-state index contributed by atoms with van der Waals surface area (Å²) in [4.78, 5) is 10.6. The van der Waals surface area contributed by atoms with Crippen LogP contribution in [0.15, 0.2) is 22.8 Å². The van der Waals surface area contributed by atoms with Gasteiger partial charge in [-0.15, -0.1) is 12.4 Å². The highest BCUT2D eigenvalue weighted by atomic mass is 35.5. The van der Waals surface area contributed by atoms with Gasteiger partial charge < -0.3 is 10.2 Å². The molecule has 11 heavy (non-hydrogen) atoms. The molecule has 1 aromatic heterocycles. The molecular weight excluding hydrogens is 166 g/mol. The fourth-order valence-electron chi connectivity index (χ4n) is 0.678. The molecule has 0 aliphatic heterocycles. The number of rotatable bonds is 2. The highest BCUT2D eigenvalue weighted by Gasteiger charge is 2.12. The molecule has 62 valence electrons. The van der Waals surface area contributed by atoms with Crippen LogP contribution in [0.1, 0.15) is 18.6 Å². The lowest BCUT2D eigenvalue weighted by atomic mass is 10.1. The van der Waals surface area contributed by atoms with E-state index < -0.39 is 0 Å². The first-order chi connectivity index (χ1) is 4.72. The van der Waals surface area contributed by atoms with E-state index >= 15 is 0 Å². The predicted molar refractivity (Wildman–Crippen MR) is 43.6 cm³/mol. The Hall–Kier alpha value is -0.960. The van der Waals surface area contributed by atoms with Gasteiger partial charge in [-0.3, -0.25) is 4.79 Å². The van der Waals surface area contributed by atoms with Crippen molar-refractivity contribution in [2.24, 2.45) is 5.73 Å². The molecule has 1 heterocycles. The van der Waals surface area contributed by atoms with Crippen LogP contribution in [0.25, 0.3) is 0 Å². The number of carbonyl (C=O) groups is 1. The third kappa shape index (κ3) is 2.27. The molecule has 0 saturated heterocycles. The van der Waals surface area contributed by atoms with Crippen LogP contribution in [0, 0.1) is 0 Å². The largest absolute Gasteiger partial charge is 0.469 e. The van der Waals surface area contributed by atoms with Crippen LogP contribution in [0.5, 0.6) is 0 Å². The number of carbonyl (C=O) groups excluding carboxylic acids is 1. The lowest BCUT2D eigenvalue weighted by molar-refractivity contribution is -0.119. The van der Waals surface area contributed by atoms with Crippen LogP contribution in [0.2, 0.25) is 0 Å². The monoisotopic (exact) mass is 175 g/mol. The quantitative estimate of drug-likeness (QED) is 0.737. The summed E-state index contributed by atoms with van der Waals surface area (Å²) in [6.45, 7) is 1.71. The number of nitrogens with two attached hydrogens (primary N) is 1. The maximum absolute atomic E-state index is 10.6. The van der Waals surface area contributed by atoms with Crippen molar-refractivity contribution in [3.8, 4) is 0 Å². The molecule has 1 atom stereocenters. The van der Waals surface area contributed by atoms with E-state index in [0.29, 0.717) is 5.76 Å². The first kappa shape index (κ1) is 10.0. The smallest absolute Gasteiger partial charge is 0.227 e. The van der Waals surface area contributed by atoms with Gasteiger partial charge >= 0.3 is 0 Å². The minimum atomic E-state index is -0.366. The summed E-state index contributed by atoms with van der Waals surface area (Å²) in [5.41, 5.74) is 5.03. The Kier molecular flexibility index (Phi) is 3.68. The second-order valence-corrected chi connectivity index (χ2v) is 2.14. The van der Waals surface area contributed by atoms with E-state index in [1.165, 1.54) is 6.26 Å². The van der Waals surface area contributed by atoms with E-state index in [2.05, 4.69) is 0 Å². The van der Waals surface area contributed by atoms with Crippen molar-refractivity contribution in [2.45, 2.75) is 12.8 Å². The number of halogens is 1.